The standard InChI is InChI=1S/C40H50O8/c1-41-35-22-31(23-36(42-2)39(35)45-5)26-47-19-13-18-33(20-29-14-9-7-10-15-29)34(21-30-16-11-8-12-17-30)28-48-27-32-24-37(43-3)40(46-6)38(25-32)44-4/h7-12,14-17,22-25,33-34H,13,18-21,26-28H2,1-6H3/t33-,34+/m1/s1. The molecule has 4 rings (SSSR count). The fourth-order valence-electron chi connectivity index (χ4n) is 6.10. The van der Waals surface area contributed by atoms with Crippen LogP contribution in [0.25, 0.3) is 0 Å². The topological polar surface area (TPSA) is 73.8 Å². The first-order valence-electron chi connectivity index (χ1n) is 16.3. The van der Waals surface area contributed by atoms with Crippen molar-refractivity contribution in [3.05, 3.63) is 107 Å². The Hall–Kier alpha value is -4.40. The Labute approximate surface area is 285 Å². The van der Waals surface area contributed by atoms with E-state index in [2.05, 4.69) is 60.7 Å². The van der Waals surface area contributed by atoms with Crippen LogP contribution in [0, 0.1) is 11.8 Å². The molecule has 8 heteroatoms. The molecule has 0 aromatic heterocycles. The monoisotopic (exact) mass is 658 g/mol. The molecule has 0 amide bonds. The van der Waals surface area contributed by atoms with Gasteiger partial charge in [-0.15, -0.1) is 0 Å². The summed E-state index contributed by atoms with van der Waals surface area (Å²) in [6, 6.07) is 29.1. The molecule has 0 fully saturated rings. The maximum atomic E-state index is 6.48. The Morgan fingerprint density at radius 3 is 1.29 bits per heavy atom. The van der Waals surface area contributed by atoms with Crippen LogP contribution in [0.5, 0.6) is 34.5 Å². The Balaban J connectivity index is 1.46. The first-order chi connectivity index (χ1) is 23.5. The average Bonchev–Trinajstić information content (AvgIpc) is 3.13. The van der Waals surface area contributed by atoms with Crippen LogP contribution in [-0.4, -0.2) is 55.9 Å². The molecule has 0 aliphatic heterocycles. The molecule has 258 valence electrons. The Morgan fingerprint density at radius 2 is 0.875 bits per heavy atom. The molecule has 2 atom stereocenters. The third-order valence-electron chi connectivity index (χ3n) is 8.53. The lowest BCUT2D eigenvalue weighted by Gasteiger charge is -2.28. The van der Waals surface area contributed by atoms with Gasteiger partial charge in [0.1, 0.15) is 0 Å². The van der Waals surface area contributed by atoms with Gasteiger partial charge in [-0.2, -0.15) is 0 Å². The van der Waals surface area contributed by atoms with Gasteiger partial charge in [0, 0.05) is 6.61 Å². The zero-order valence-electron chi connectivity index (χ0n) is 29.2. The zero-order valence-corrected chi connectivity index (χ0v) is 29.2. The van der Waals surface area contributed by atoms with Crippen molar-refractivity contribution in [2.24, 2.45) is 11.8 Å². The van der Waals surface area contributed by atoms with E-state index in [1.54, 1.807) is 42.7 Å². The first kappa shape index (κ1) is 36.4. The molecular formula is C40H50O8. The molecule has 8 nitrogen and oxygen atoms in total. The molecule has 4 aromatic carbocycles. The van der Waals surface area contributed by atoms with E-state index in [9.17, 15) is 0 Å². The van der Waals surface area contributed by atoms with Crippen LogP contribution in [0.1, 0.15) is 35.1 Å². The molecule has 0 unspecified atom stereocenters. The predicted molar refractivity (Wildman–Crippen MR) is 188 cm³/mol. The number of rotatable bonds is 21. The van der Waals surface area contributed by atoms with E-state index in [4.69, 9.17) is 37.9 Å². The van der Waals surface area contributed by atoms with Crippen molar-refractivity contribution in [3.63, 3.8) is 0 Å². The molecule has 48 heavy (non-hydrogen) atoms. The Kier molecular flexibility index (Phi) is 14.7. The van der Waals surface area contributed by atoms with E-state index in [1.807, 2.05) is 24.3 Å². The first-order valence-corrected chi connectivity index (χ1v) is 16.3. The summed E-state index contributed by atoms with van der Waals surface area (Å²) < 4.78 is 45.8. The third kappa shape index (κ3) is 10.3. The van der Waals surface area contributed by atoms with Crippen LogP contribution in [0.4, 0.5) is 0 Å². The molecule has 0 heterocycles. The second-order valence-electron chi connectivity index (χ2n) is 11.7. The number of hydrogen-bond donors (Lipinski definition) is 0. The van der Waals surface area contributed by atoms with Gasteiger partial charge in [0.2, 0.25) is 11.5 Å². The molecule has 0 aliphatic carbocycles. The summed E-state index contributed by atoms with van der Waals surface area (Å²) in [4.78, 5) is 0. The lowest BCUT2D eigenvalue weighted by molar-refractivity contribution is 0.0578. The molecule has 0 bridgehead atoms. The van der Waals surface area contributed by atoms with E-state index in [0.717, 1.165) is 36.8 Å². The third-order valence-corrected chi connectivity index (χ3v) is 8.53. The average molecular weight is 659 g/mol. The van der Waals surface area contributed by atoms with E-state index in [-0.39, 0.29) is 5.92 Å². The van der Waals surface area contributed by atoms with Crippen molar-refractivity contribution in [2.75, 3.05) is 55.9 Å². The Bertz CT molecular complexity index is 1460. The smallest absolute Gasteiger partial charge is 0.203 e. The minimum atomic E-state index is 0.282. The number of benzene rings is 4. The quantitative estimate of drug-likeness (QED) is 0.0835. The second-order valence-corrected chi connectivity index (χ2v) is 11.7. The number of hydrogen-bond acceptors (Lipinski definition) is 8. The molecule has 0 N–H and O–H groups in total. The van der Waals surface area contributed by atoms with Crippen LogP contribution in [0.15, 0.2) is 84.9 Å². The van der Waals surface area contributed by atoms with Crippen molar-refractivity contribution >= 4 is 0 Å². The molecule has 4 aromatic rings. The van der Waals surface area contributed by atoms with Gasteiger partial charge in [-0.1, -0.05) is 60.7 Å². The van der Waals surface area contributed by atoms with Crippen LogP contribution in [0.3, 0.4) is 0 Å². The van der Waals surface area contributed by atoms with E-state index < -0.39 is 0 Å². The van der Waals surface area contributed by atoms with Gasteiger partial charge in [0.25, 0.3) is 0 Å². The summed E-state index contributed by atoms with van der Waals surface area (Å²) in [5.74, 6) is 4.27. The van der Waals surface area contributed by atoms with Gasteiger partial charge in [0.05, 0.1) is 62.5 Å². The summed E-state index contributed by atoms with van der Waals surface area (Å²) in [7, 11) is 9.70. The van der Waals surface area contributed by atoms with Crippen molar-refractivity contribution in [1.82, 2.24) is 0 Å². The summed E-state index contributed by atoms with van der Waals surface area (Å²) in [6.45, 7) is 2.12. The van der Waals surface area contributed by atoms with Crippen molar-refractivity contribution in [3.8, 4) is 34.5 Å². The van der Waals surface area contributed by atoms with E-state index in [0.29, 0.717) is 66.8 Å². The van der Waals surface area contributed by atoms with E-state index >= 15 is 0 Å². The maximum absolute atomic E-state index is 6.48. The molecule has 0 saturated heterocycles. The molecule has 0 aliphatic rings. The SMILES string of the molecule is COc1cc(COCCC[C@H](Cc2ccccc2)[C@H](COCc2cc(OC)c(OC)c(OC)c2)Cc2ccccc2)cc(OC)c1OC. The lowest BCUT2D eigenvalue weighted by Crippen LogP contribution is -2.25. The van der Waals surface area contributed by atoms with Gasteiger partial charge in [-0.25, -0.2) is 0 Å². The lowest BCUT2D eigenvalue weighted by atomic mass is 9.80. The minimum absolute atomic E-state index is 0.282. The van der Waals surface area contributed by atoms with Gasteiger partial charge in [0.15, 0.2) is 23.0 Å². The van der Waals surface area contributed by atoms with Crippen molar-refractivity contribution in [1.29, 1.82) is 0 Å². The van der Waals surface area contributed by atoms with Crippen LogP contribution in [0.2, 0.25) is 0 Å². The maximum Gasteiger partial charge on any atom is 0.203 e. The highest BCUT2D eigenvalue weighted by molar-refractivity contribution is 5.54. The predicted octanol–water partition coefficient (Wildman–Crippen LogP) is 7.97. The normalized spacial score (nSPS) is 12.2. The summed E-state index contributed by atoms with van der Waals surface area (Å²) >= 11 is 0. The molecule has 0 radical (unpaired) electrons. The van der Waals surface area contributed by atoms with Gasteiger partial charge >= 0.3 is 0 Å². The largest absolute Gasteiger partial charge is 0.493 e. The van der Waals surface area contributed by atoms with Crippen LogP contribution < -0.4 is 28.4 Å². The van der Waals surface area contributed by atoms with Gasteiger partial charge < -0.3 is 37.9 Å². The number of methoxy groups -OCH3 is 6. The van der Waals surface area contributed by atoms with Crippen molar-refractivity contribution in [2.45, 2.75) is 38.9 Å². The van der Waals surface area contributed by atoms with Crippen LogP contribution >= 0.6 is 0 Å². The summed E-state index contributed by atoms with van der Waals surface area (Å²) in [5.41, 5.74) is 4.55. The zero-order chi connectivity index (χ0) is 34.1. The van der Waals surface area contributed by atoms with Gasteiger partial charge in [-0.3, -0.25) is 0 Å². The highest BCUT2D eigenvalue weighted by Gasteiger charge is 2.24. The fraction of sp³-hybridized carbons (Fsp3) is 0.400. The highest BCUT2D eigenvalue weighted by atomic mass is 16.5. The summed E-state index contributed by atoms with van der Waals surface area (Å²) in [5, 5.41) is 0. The fourth-order valence-corrected chi connectivity index (χ4v) is 6.10. The van der Waals surface area contributed by atoms with Crippen LogP contribution in [-0.2, 0) is 35.5 Å². The van der Waals surface area contributed by atoms with E-state index in [1.165, 1.54) is 11.1 Å². The summed E-state index contributed by atoms with van der Waals surface area (Å²) in [6.07, 6.45) is 3.79. The second kappa shape index (κ2) is 19.4. The molecular weight excluding hydrogens is 608 g/mol. The van der Waals surface area contributed by atoms with Gasteiger partial charge in [-0.05, 0) is 84.0 Å². The minimum Gasteiger partial charge on any atom is -0.493 e. The van der Waals surface area contributed by atoms with Crippen molar-refractivity contribution < 1.29 is 37.9 Å². The highest BCUT2D eigenvalue weighted by Crippen LogP contribution is 2.39. The molecule has 0 spiro atoms. The molecule has 0 saturated carbocycles. The Morgan fingerprint density at radius 1 is 0.458 bits per heavy atom. The number of ether oxygens (including phenoxy) is 8.